The van der Waals surface area contributed by atoms with Gasteiger partial charge < -0.3 is 5.32 Å². The number of hydrogen-bond acceptors (Lipinski definition) is 2. The molecule has 0 fully saturated rings. The largest absolute Gasteiger partial charge is 0.365 e. The van der Waals surface area contributed by atoms with Crippen molar-refractivity contribution in [2.24, 2.45) is 5.92 Å². The normalized spacial score (nSPS) is 11.0. The molecule has 0 unspecified atom stereocenters. The van der Waals surface area contributed by atoms with Crippen molar-refractivity contribution in [2.45, 2.75) is 33.9 Å². The van der Waals surface area contributed by atoms with E-state index in [-0.39, 0.29) is 5.82 Å². The molecular weight excluding hydrogens is 241 g/mol. The first-order chi connectivity index (χ1) is 9.04. The highest BCUT2D eigenvalue weighted by Crippen LogP contribution is 2.12. The van der Waals surface area contributed by atoms with Gasteiger partial charge in [0.2, 0.25) is 0 Å². The second-order valence-electron chi connectivity index (χ2n) is 5.23. The molecule has 3 nitrogen and oxygen atoms in total. The van der Waals surface area contributed by atoms with E-state index >= 15 is 0 Å². The fraction of sp³-hybridized carbons (Fsp3) is 0.400. The second-order valence-corrected chi connectivity index (χ2v) is 5.23. The van der Waals surface area contributed by atoms with Crippen LogP contribution >= 0.6 is 0 Å². The van der Waals surface area contributed by atoms with E-state index in [0.29, 0.717) is 12.5 Å². The van der Waals surface area contributed by atoms with Crippen LogP contribution in [0, 0.1) is 18.7 Å². The molecule has 1 heterocycles. The first-order valence-corrected chi connectivity index (χ1v) is 6.57. The van der Waals surface area contributed by atoms with Gasteiger partial charge in [0.1, 0.15) is 11.6 Å². The molecule has 4 heteroatoms. The Balaban J connectivity index is 2.00. The smallest absolute Gasteiger partial charge is 0.148 e. The summed E-state index contributed by atoms with van der Waals surface area (Å²) < 4.78 is 15.1. The zero-order valence-electron chi connectivity index (χ0n) is 11.7. The van der Waals surface area contributed by atoms with E-state index in [4.69, 9.17) is 0 Å². The zero-order chi connectivity index (χ0) is 13.8. The SMILES string of the molecule is Cc1cc(NCc2cccc(F)c2)nn1CC(C)C. The highest BCUT2D eigenvalue weighted by Gasteiger charge is 2.05. The molecule has 2 aromatic rings. The third kappa shape index (κ3) is 3.81. The lowest BCUT2D eigenvalue weighted by Crippen LogP contribution is -2.08. The van der Waals surface area contributed by atoms with E-state index in [1.54, 1.807) is 6.07 Å². The Hall–Kier alpha value is -1.84. The van der Waals surface area contributed by atoms with Crippen LogP contribution in [-0.4, -0.2) is 9.78 Å². The summed E-state index contributed by atoms with van der Waals surface area (Å²) in [7, 11) is 0. The molecule has 2 rings (SSSR count). The molecule has 0 radical (unpaired) electrons. The minimum Gasteiger partial charge on any atom is -0.365 e. The van der Waals surface area contributed by atoms with Crippen LogP contribution < -0.4 is 5.32 Å². The summed E-state index contributed by atoms with van der Waals surface area (Å²) in [4.78, 5) is 0. The van der Waals surface area contributed by atoms with E-state index in [1.807, 2.05) is 23.7 Å². The number of nitrogens with zero attached hydrogens (tertiary/aromatic N) is 2. The number of benzene rings is 1. The van der Waals surface area contributed by atoms with Gasteiger partial charge in [-0.3, -0.25) is 4.68 Å². The van der Waals surface area contributed by atoms with Gasteiger partial charge in [0.05, 0.1) is 0 Å². The van der Waals surface area contributed by atoms with Crippen LogP contribution in [0.25, 0.3) is 0 Å². The third-order valence-electron chi connectivity index (χ3n) is 2.88. The summed E-state index contributed by atoms with van der Waals surface area (Å²) in [5.74, 6) is 1.19. The fourth-order valence-corrected chi connectivity index (χ4v) is 1.97. The fourth-order valence-electron chi connectivity index (χ4n) is 1.97. The average Bonchev–Trinajstić information content (AvgIpc) is 2.67. The number of rotatable bonds is 5. The van der Waals surface area contributed by atoms with Crippen LogP contribution in [-0.2, 0) is 13.1 Å². The summed E-state index contributed by atoms with van der Waals surface area (Å²) >= 11 is 0. The summed E-state index contributed by atoms with van der Waals surface area (Å²) in [5, 5.41) is 7.72. The van der Waals surface area contributed by atoms with Gasteiger partial charge in [0.15, 0.2) is 0 Å². The maximum absolute atomic E-state index is 13.1. The van der Waals surface area contributed by atoms with E-state index in [0.717, 1.165) is 23.6 Å². The first kappa shape index (κ1) is 13.6. The Bertz CT molecular complexity index is 546. The van der Waals surface area contributed by atoms with Gasteiger partial charge in [-0.25, -0.2) is 4.39 Å². The number of anilines is 1. The van der Waals surface area contributed by atoms with Crippen LogP contribution in [0.4, 0.5) is 10.2 Å². The van der Waals surface area contributed by atoms with Crippen molar-refractivity contribution in [2.75, 3.05) is 5.32 Å². The van der Waals surface area contributed by atoms with Crippen LogP contribution in [0.15, 0.2) is 30.3 Å². The maximum atomic E-state index is 13.1. The Morgan fingerprint density at radius 2 is 2.11 bits per heavy atom. The van der Waals surface area contributed by atoms with Gasteiger partial charge >= 0.3 is 0 Å². The van der Waals surface area contributed by atoms with Gasteiger partial charge in [-0.05, 0) is 30.5 Å². The molecule has 1 aromatic carbocycles. The molecule has 0 amide bonds. The van der Waals surface area contributed by atoms with Gasteiger partial charge in [-0.15, -0.1) is 0 Å². The minimum atomic E-state index is -0.208. The summed E-state index contributed by atoms with van der Waals surface area (Å²) in [6.45, 7) is 7.87. The third-order valence-corrected chi connectivity index (χ3v) is 2.88. The molecule has 0 aliphatic rings. The minimum absolute atomic E-state index is 0.208. The van der Waals surface area contributed by atoms with E-state index in [9.17, 15) is 4.39 Å². The molecule has 102 valence electrons. The van der Waals surface area contributed by atoms with Crippen molar-refractivity contribution in [3.05, 3.63) is 47.4 Å². The molecule has 19 heavy (non-hydrogen) atoms. The maximum Gasteiger partial charge on any atom is 0.148 e. The van der Waals surface area contributed by atoms with Crippen molar-refractivity contribution >= 4 is 5.82 Å². The van der Waals surface area contributed by atoms with Crippen LogP contribution in [0.3, 0.4) is 0 Å². The van der Waals surface area contributed by atoms with Gasteiger partial charge in [-0.1, -0.05) is 26.0 Å². The molecular formula is C15H20FN3. The molecule has 0 spiro atoms. The van der Waals surface area contributed by atoms with E-state index in [2.05, 4.69) is 24.3 Å². The number of aryl methyl sites for hydroxylation is 1. The highest BCUT2D eigenvalue weighted by molar-refractivity contribution is 5.36. The Kier molecular flexibility index (Phi) is 4.20. The van der Waals surface area contributed by atoms with Crippen molar-refractivity contribution in [1.29, 1.82) is 0 Å². The monoisotopic (exact) mass is 261 g/mol. The lowest BCUT2D eigenvalue weighted by Gasteiger charge is -2.07. The lowest BCUT2D eigenvalue weighted by atomic mass is 10.2. The number of nitrogens with one attached hydrogen (secondary N) is 1. The van der Waals surface area contributed by atoms with Crippen molar-refractivity contribution in [1.82, 2.24) is 9.78 Å². The van der Waals surface area contributed by atoms with Gasteiger partial charge in [0, 0.05) is 24.8 Å². The number of aromatic nitrogens is 2. The lowest BCUT2D eigenvalue weighted by molar-refractivity contribution is 0.475. The van der Waals surface area contributed by atoms with Crippen LogP contribution in [0.2, 0.25) is 0 Å². The van der Waals surface area contributed by atoms with Gasteiger partial charge in [0.25, 0.3) is 0 Å². The molecule has 0 saturated heterocycles. The molecule has 0 atom stereocenters. The Labute approximate surface area is 113 Å². The average molecular weight is 261 g/mol. The molecule has 0 bridgehead atoms. The number of hydrogen-bond donors (Lipinski definition) is 1. The summed E-state index contributed by atoms with van der Waals surface area (Å²) in [6.07, 6.45) is 0. The second kappa shape index (κ2) is 5.87. The van der Waals surface area contributed by atoms with E-state index in [1.165, 1.54) is 12.1 Å². The number of halogens is 1. The predicted molar refractivity (Wildman–Crippen MR) is 75.5 cm³/mol. The molecule has 1 N–H and O–H groups in total. The topological polar surface area (TPSA) is 29.9 Å². The Morgan fingerprint density at radius 3 is 2.79 bits per heavy atom. The standard InChI is InChI=1S/C15H20FN3/c1-11(2)10-19-12(3)7-15(18-19)17-9-13-5-4-6-14(16)8-13/h4-8,11H,9-10H2,1-3H3,(H,17,18). The first-order valence-electron chi connectivity index (χ1n) is 6.57. The van der Waals surface area contributed by atoms with Gasteiger partial charge in [-0.2, -0.15) is 5.10 Å². The highest BCUT2D eigenvalue weighted by atomic mass is 19.1. The molecule has 1 aromatic heterocycles. The van der Waals surface area contributed by atoms with Crippen LogP contribution in [0.5, 0.6) is 0 Å². The predicted octanol–water partition coefficient (Wildman–Crippen LogP) is 3.60. The van der Waals surface area contributed by atoms with Crippen molar-refractivity contribution in [3.63, 3.8) is 0 Å². The van der Waals surface area contributed by atoms with Crippen LogP contribution in [0.1, 0.15) is 25.1 Å². The molecule has 0 aliphatic carbocycles. The van der Waals surface area contributed by atoms with E-state index < -0.39 is 0 Å². The van der Waals surface area contributed by atoms with Crippen molar-refractivity contribution < 1.29 is 4.39 Å². The quantitative estimate of drug-likeness (QED) is 0.891. The van der Waals surface area contributed by atoms with Crippen molar-refractivity contribution in [3.8, 4) is 0 Å². The summed E-state index contributed by atoms with van der Waals surface area (Å²) in [6, 6.07) is 8.61. The molecule has 0 saturated carbocycles. The zero-order valence-corrected chi connectivity index (χ0v) is 11.7. The Morgan fingerprint density at radius 1 is 1.32 bits per heavy atom. The summed E-state index contributed by atoms with van der Waals surface area (Å²) in [5.41, 5.74) is 2.05. The molecule has 0 aliphatic heterocycles.